The van der Waals surface area contributed by atoms with Crippen LogP contribution in [0, 0.1) is 0 Å². The summed E-state index contributed by atoms with van der Waals surface area (Å²) in [6.45, 7) is 4.95. The molecule has 0 bridgehead atoms. The lowest BCUT2D eigenvalue weighted by atomic mass is 10.3. The number of carbonyl (C=O) groups is 1. The molecule has 2 aromatic heterocycles. The van der Waals surface area contributed by atoms with E-state index in [2.05, 4.69) is 23.0 Å². The average molecular weight is 293 g/mol. The monoisotopic (exact) mass is 293 g/mol. The maximum absolute atomic E-state index is 11.4. The van der Waals surface area contributed by atoms with Crippen molar-refractivity contribution in [1.82, 2.24) is 9.97 Å². The summed E-state index contributed by atoms with van der Waals surface area (Å²) in [4.78, 5) is 24.3. The minimum absolute atomic E-state index is 0.177. The van der Waals surface area contributed by atoms with E-state index < -0.39 is 0 Å². The smallest absolute Gasteiger partial charge is 0.307 e. The van der Waals surface area contributed by atoms with Crippen molar-refractivity contribution < 1.29 is 9.53 Å². The molecular formula is C14H19N3O2S. The Morgan fingerprint density at radius 2 is 2.20 bits per heavy atom. The fraction of sp³-hybridized carbons (Fsp3) is 0.500. The SMILES string of the molecule is CCOC(=O)CCN(C)c1ncnc2sc(CC)cc12. The van der Waals surface area contributed by atoms with Crippen molar-refractivity contribution in [3.05, 3.63) is 17.3 Å². The summed E-state index contributed by atoms with van der Waals surface area (Å²) in [5.41, 5.74) is 0. The maximum atomic E-state index is 11.4. The van der Waals surface area contributed by atoms with Gasteiger partial charge in [-0.05, 0) is 19.4 Å². The van der Waals surface area contributed by atoms with E-state index >= 15 is 0 Å². The molecule has 0 amide bonds. The molecule has 0 unspecified atom stereocenters. The highest BCUT2D eigenvalue weighted by atomic mass is 32.1. The number of fused-ring (bicyclic) bond motifs is 1. The van der Waals surface area contributed by atoms with Crippen LogP contribution in [0.15, 0.2) is 12.4 Å². The van der Waals surface area contributed by atoms with Crippen LogP contribution >= 0.6 is 11.3 Å². The van der Waals surface area contributed by atoms with E-state index in [1.54, 1.807) is 17.7 Å². The molecule has 0 saturated carbocycles. The van der Waals surface area contributed by atoms with Crippen LogP contribution in [0.3, 0.4) is 0 Å². The van der Waals surface area contributed by atoms with Gasteiger partial charge in [-0.3, -0.25) is 4.79 Å². The normalized spacial score (nSPS) is 10.8. The molecular weight excluding hydrogens is 274 g/mol. The highest BCUT2D eigenvalue weighted by Crippen LogP contribution is 2.29. The number of aromatic nitrogens is 2. The lowest BCUT2D eigenvalue weighted by Crippen LogP contribution is -2.23. The molecule has 0 spiro atoms. The van der Waals surface area contributed by atoms with Crippen molar-refractivity contribution in [2.24, 2.45) is 0 Å². The van der Waals surface area contributed by atoms with Gasteiger partial charge in [0, 0.05) is 18.5 Å². The van der Waals surface area contributed by atoms with Crippen LogP contribution in [-0.4, -0.2) is 36.1 Å². The summed E-state index contributed by atoms with van der Waals surface area (Å²) >= 11 is 1.69. The van der Waals surface area contributed by atoms with Crippen molar-refractivity contribution in [3.8, 4) is 0 Å². The molecule has 0 saturated heterocycles. The van der Waals surface area contributed by atoms with E-state index in [1.807, 2.05) is 18.9 Å². The van der Waals surface area contributed by atoms with Gasteiger partial charge in [-0.15, -0.1) is 11.3 Å². The number of aryl methyl sites for hydroxylation is 1. The van der Waals surface area contributed by atoms with Crippen molar-refractivity contribution >= 4 is 33.3 Å². The summed E-state index contributed by atoms with van der Waals surface area (Å²) in [6.07, 6.45) is 2.93. The Morgan fingerprint density at radius 1 is 1.40 bits per heavy atom. The lowest BCUT2D eigenvalue weighted by molar-refractivity contribution is -0.142. The van der Waals surface area contributed by atoms with Crippen LogP contribution in [0.1, 0.15) is 25.1 Å². The van der Waals surface area contributed by atoms with E-state index in [9.17, 15) is 4.79 Å². The van der Waals surface area contributed by atoms with Gasteiger partial charge in [0.25, 0.3) is 0 Å². The first-order valence-corrected chi connectivity index (χ1v) is 7.57. The van der Waals surface area contributed by atoms with Crippen LogP contribution in [-0.2, 0) is 16.0 Å². The predicted octanol–water partition coefficient (Wildman–Crippen LogP) is 2.64. The Morgan fingerprint density at radius 3 is 2.90 bits per heavy atom. The van der Waals surface area contributed by atoms with E-state index in [1.165, 1.54) is 4.88 Å². The van der Waals surface area contributed by atoms with Crippen LogP contribution in [0.5, 0.6) is 0 Å². The largest absolute Gasteiger partial charge is 0.466 e. The second-order valence-electron chi connectivity index (χ2n) is 4.46. The summed E-state index contributed by atoms with van der Waals surface area (Å²) in [5.74, 6) is 0.694. The first kappa shape index (κ1) is 14.7. The van der Waals surface area contributed by atoms with E-state index in [-0.39, 0.29) is 5.97 Å². The molecule has 2 aromatic rings. The summed E-state index contributed by atoms with van der Waals surface area (Å²) in [7, 11) is 1.93. The molecule has 0 radical (unpaired) electrons. The molecule has 0 aromatic carbocycles. The number of rotatable bonds is 6. The molecule has 0 aliphatic carbocycles. The van der Waals surface area contributed by atoms with Gasteiger partial charge in [0.15, 0.2) is 0 Å². The number of ether oxygens (including phenoxy) is 1. The molecule has 20 heavy (non-hydrogen) atoms. The minimum Gasteiger partial charge on any atom is -0.466 e. The predicted molar refractivity (Wildman–Crippen MR) is 81.3 cm³/mol. The first-order chi connectivity index (χ1) is 9.65. The topological polar surface area (TPSA) is 55.3 Å². The number of hydrogen-bond donors (Lipinski definition) is 0. The Labute approximate surface area is 122 Å². The average Bonchev–Trinajstić information content (AvgIpc) is 2.88. The fourth-order valence-electron chi connectivity index (χ4n) is 1.97. The highest BCUT2D eigenvalue weighted by molar-refractivity contribution is 7.18. The van der Waals surface area contributed by atoms with Crippen molar-refractivity contribution in [2.75, 3.05) is 25.1 Å². The number of thiophene rings is 1. The Balaban J connectivity index is 2.15. The zero-order chi connectivity index (χ0) is 14.5. The lowest BCUT2D eigenvalue weighted by Gasteiger charge is -2.18. The van der Waals surface area contributed by atoms with Crippen LogP contribution in [0.2, 0.25) is 0 Å². The van der Waals surface area contributed by atoms with Gasteiger partial charge >= 0.3 is 5.97 Å². The second-order valence-corrected chi connectivity index (χ2v) is 5.57. The summed E-state index contributed by atoms with van der Waals surface area (Å²) in [6, 6.07) is 2.14. The maximum Gasteiger partial charge on any atom is 0.307 e. The van der Waals surface area contributed by atoms with Crippen molar-refractivity contribution in [3.63, 3.8) is 0 Å². The molecule has 0 aliphatic heterocycles. The Hall–Kier alpha value is -1.69. The number of nitrogens with zero attached hydrogens (tertiary/aromatic N) is 3. The molecule has 2 heterocycles. The second kappa shape index (κ2) is 6.65. The van der Waals surface area contributed by atoms with Gasteiger partial charge < -0.3 is 9.64 Å². The number of esters is 1. The molecule has 2 rings (SSSR count). The molecule has 108 valence electrons. The number of anilines is 1. The van der Waals surface area contributed by atoms with E-state index in [0.29, 0.717) is 19.6 Å². The van der Waals surface area contributed by atoms with Crippen LogP contribution in [0.4, 0.5) is 5.82 Å². The fourth-order valence-corrected chi connectivity index (χ4v) is 2.90. The molecule has 0 N–H and O–H groups in total. The zero-order valence-corrected chi connectivity index (χ0v) is 12.9. The quantitative estimate of drug-likeness (QED) is 0.766. The third-order valence-electron chi connectivity index (χ3n) is 3.03. The summed E-state index contributed by atoms with van der Waals surface area (Å²) < 4.78 is 4.94. The summed E-state index contributed by atoms with van der Waals surface area (Å²) in [5, 5.41) is 1.06. The van der Waals surface area contributed by atoms with Crippen molar-refractivity contribution in [2.45, 2.75) is 26.7 Å². The van der Waals surface area contributed by atoms with Crippen LogP contribution in [0.25, 0.3) is 10.2 Å². The van der Waals surface area contributed by atoms with Gasteiger partial charge in [-0.2, -0.15) is 0 Å². The first-order valence-electron chi connectivity index (χ1n) is 6.75. The zero-order valence-electron chi connectivity index (χ0n) is 12.0. The molecule has 6 heteroatoms. The van der Waals surface area contributed by atoms with Gasteiger partial charge in [-0.25, -0.2) is 9.97 Å². The molecule has 0 aliphatic rings. The van der Waals surface area contributed by atoms with Gasteiger partial charge in [0.2, 0.25) is 0 Å². The Bertz CT molecular complexity index is 597. The third-order valence-corrected chi connectivity index (χ3v) is 4.21. The van der Waals surface area contributed by atoms with Crippen molar-refractivity contribution in [1.29, 1.82) is 0 Å². The van der Waals surface area contributed by atoms with E-state index in [4.69, 9.17) is 4.74 Å². The minimum atomic E-state index is -0.177. The van der Waals surface area contributed by atoms with E-state index in [0.717, 1.165) is 22.5 Å². The Kier molecular flexibility index (Phi) is 4.89. The molecule has 5 nitrogen and oxygen atoms in total. The molecule has 0 atom stereocenters. The van der Waals surface area contributed by atoms with Gasteiger partial charge in [0.1, 0.15) is 17.0 Å². The molecule has 0 fully saturated rings. The highest BCUT2D eigenvalue weighted by Gasteiger charge is 2.13. The van der Waals surface area contributed by atoms with Gasteiger partial charge in [-0.1, -0.05) is 6.92 Å². The standard InChI is InChI=1S/C14H19N3O2S/c1-4-10-8-11-13(15-9-16-14(11)20-10)17(3)7-6-12(18)19-5-2/h8-9H,4-7H2,1-3H3. The van der Waals surface area contributed by atoms with Gasteiger partial charge in [0.05, 0.1) is 18.4 Å². The number of carbonyl (C=O) groups excluding carboxylic acids is 1. The number of hydrogen-bond acceptors (Lipinski definition) is 6. The third kappa shape index (κ3) is 3.25. The van der Waals surface area contributed by atoms with Crippen LogP contribution < -0.4 is 4.90 Å².